The lowest BCUT2D eigenvalue weighted by Gasteiger charge is -2.06. The van der Waals surface area contributed by atoms with E-state index in [0.717, 1.165) is 35.8 Å². The zero-order chi connectivity index (χ0) is 13.8. The molecule has 0 radical (unpaired) electrons. The van der Waals surface area contributed by atoms with E-state index < -0.39 is 0 Å². The molecule has 1 aromatic carbocycles. The molecule has 0 amide bonds. The molecule has 19 heavy (non-hydrogen) atoms. The standard InChI is InChI=1S/C15H21NO2S/c1-17-9-4-11-19-12-10-18-15-7-2-5-14(13-15)6-3-8-16/h2,5,7,13H,4,8-12,16H2,1H3. The molecule has 0 atom stereocenters. The van der Waals surface area contributed by atoms with Gasteiger partial charge in [0.2, 0.25) is 0 Å². The number of nitrogens with two attached hydrogens (primary N) is 1. The maximum atomic E-state index is 5.68. The first-order chi connectivity index (χ1) is 9.36. The van der Waals surface area contributed by atoms with E-state index in [-0.39, 0.29) is 0 Å². The quantitative estimate of drug-likeness (QED) is 0.585. The van der Waals surface area contributed by atoms with Crippen LogP contribution in [0.25, 0.3) is 0 Å². The van der Waals surface area contributed by atoms with Crippen LogP contribution in [0.1, 0.15) is 12.0 Å². The third-order valence-electron chi connectivity index (χ3n) is 2.30. The Kier molecular flexibility index (Phi) is 8.99. The van der Waals surface area contributed by atoms with Crippen LogP contribution in [0, 0.1) is 11.8 Å². The molecule has 0 aliphatic carbocycles. The molecule has 0 bridgehead atoms. The summed E-state index contributed by atoms with van der Waals surface area (Å²) in [5.74, 6) is 8.79. The summed E-state index contributed by atoms with van der Waals surface area (Å²) in [6.07, 6.45) is 1.09. The minimum absolute atomic E-state index is 0.378. The van der Waals surface area contributed by atoms with Crippen LogP contribution in [0.2, 0.25) is 0 Å². The molecule has 0 spiro atoms. The summed E-state index contributed by atoms with van der Waals surface area (Å²) in [6.45, 7) is 1.92. The van der Waals surface area contributed by atoms with E-state index in [1.807, 2.05) is 36.0 Å². The largest absolute Gasteiger partial charge is 0.493 e. The molecule has 0 fully saturated rings. The first-order valence-electron chi connectivity index (χ1n) is 6.35. The minimum Gasteiger partial charge on any atom is -0.493 e. The Morgan fingerprint density at radius 1 is 1.26 bits per heavy atom. The van der Waals surface area contributed by atoms with Gasteiger partial charge in [0.25, 0.3) is 0 Å². The number of ether oxygens (including phenoxy) is 2. The van der Waals surface area contributed by atoms with E-state index in [2.05, 4.69) is 11.8 Å². The third kappa shape index (κ3) is 7.78. The molecule has 4 heteroatoms. The van der Waals surface area contributed by atoms with Crippen LogP contribution in [-0.4, -0.2) is 38.4 Å². The Morgan fingerprint density at radius 3 is 2.95 bits per heavy atom. The van der Waals surface area contributed by atoms with Gasteiger partial charge < -0.3 is 15.2 Å². The van der Waals surface area contributed by atoms with Gasteiger partial charge >= 0.3 is 0 Å². The highest BCUT2D eigenvalue weighted by Crippen LogP contribution is 2.13. The van der Waals surface area contributed by atoms with Crippen molar-refractivity contribution in [1.82, 2.24) is 0 Å². The van der Waals surface area contributed by atoms with E-state index in [4.69, 9.17) is 15.2 Å². The van der Waals surface area contributed by atoms with Crippen LogP contribution < -0.4 is 10.5 Å². The highest BCUT2D eigenvalue weighted by molar-refractivity contribution is 7.99. The van der Waals surface area contributed by atoms with Gasteiger partial charge in [0.1, 0.15) is 5.75 Å². The highest BCUT2D eigenvalue weighted by atomic mass is 32.2. The van der Waals surface area contributed by atoms with E-state index in [1.54, 1.807) is 7.11 Å². The van der Waals surface area contributed by atoms with E-state index in [9.17, 15) is 0 Å². The fourth-order valence-corrected chi connectivity index (χ4v) is 2.17. The van der Waals surface area contributed by atoms with Crippen molar-refractivity contribution >= 4 is 11.8 Å². The molecule has 0 saturated heterocycles. The van der Waals surface area contributed by atoms with Gasteiger partial charge in [-0.15, -0.1) is 0 Å². The number of benzene rings is 1. The van der Waals surface area contributed by atoms with Crippen molar-refractivity contribution in [3.63, 3.8) is 0 Å². The minimum atomic E-state index is 0.378. The topological polar surface area (TPSA) is 44.5 Å². The second-order valence-electron chi connectivity index (χ2n) is 3.84. The molecule has 0 unspecified atom stereocenters. The lowest BCUT2D eigenvalue weighted by Crippen LogP contribution is -2.01. The van der Waals surface area contributed by atoms with Gasteiger partial charge in [0.05, 0.1) is 13.2 Å². The third-order valence-corrected chi connectivity index (χ3v) is 3.34. The molecule has 0 aliphatic heterocycles. The predicted molar refractivity (Wildman–Crippen MR) is 81.7 cm³/mol. The summed E-state index contributed by atoms with van der Waals surface area (Å²) in [4.78, 5) is 0. The Morgan fingerprint density at radius 2 is 2.16 bits per heavy atom. The molecule has 1 rings (SSSR count). The summed E-state index contributed by atoms with van der Waals surface area (Å²) in [5.41, 5.74) is 6.29. The van der Waals surface area contributed by atoms with Crippen molar-refractivity contribution in [2.45, 2.75) is 6.42 Å². The van der Waals surface area contributed by atoms with Crippen molar-refractivity contribution in [3.05, 3.63) is 29.8 Å². The van der Waals surface area contributed by atoms with Gasteiger partial charge in [-0.25, -0.2) is 0 Å². The Labute approximate surface area is 119 Å². The van der Waals surface area contributed by atoms with Crippen molar-refractivity contribution in [2.24, 2.45) is 5.73 Å². The zero-order valence-electron chi connectivity index (χ0n) is 11.4. The lowest BCUT2D eigenvalue weighted by atomic mass is 10.2. The molecule has 3 nitrogen and oxygen atoms in total. The summed E-state index contributed by atoms with van der Waals surface area (Å²) < 4.78 is 10.7. The summed E-state index contributed by atoms with van der Waals surface area (Å²) in [7, 11) is 1.73. The normalized spacial score (nSPS) is 9.79. The molecular weight excluding hydrogens is 258 g/mol. The Hall–Kier alpha value is -1.15. The maximum absolute atomic E-state index is 5.68. The van der Waals surface area contributed by atoms with Crippen LogP contribution >= 0.6 is 11.8 Å². The van der Waals surface area contributed by atoms with Crippen LogP contribution in [0.4, 0.5) is 0 Å². The average Bonchev–Trinajstić information content (AvgIpc) is 2.44. The number of thioether (sulfide) groups is 1. The lowest BCUT2D eigenvalue weighted by molar-refractivity contribution is 0.200. The maximum Gasteiger partial charge on any atom is 0.120 e. The number of rotatable bonds is 8. The van der Waals surface area contributed by atoms with Crippen molar-refractivity contribution in [1.29, 1.82) is 0 Å². The SMILES string of the molecule is COCCCSCCOc1cccc(C#CCN)c1. The van der Waals surface area contributed by atoms with Gasteiger partial charge in [-0.05, 0) is 30.4 Å². The first-order valence-corrected chi connectivity index (χ1v) is 7.50. The Balaban J connectivity index is 2.22. The summed E-state index contributed by atoms with van der Waals surface area (Å²) >= 11 is 1.88. The number of hydrogen-bond donors (Lipinski definition) is 1. The second kappa shape index (κ2) is 10.7. The van der Waals surface area contributed by atoms with E-state index >= 15 is 0 Å². The van der Waals surface area contributed by atoms with Gasteiger partial charge in [-0.2, -0.15) is 11.8 Å². The first kappa shape index (κ1) is 15.9. The predicted octanol–water partition coefficient (Wildman–Crippen LogP) is 2.15. The second-order valence-corrected chi connectivity index (χ2v) is 5.07. The van der Waals surface area contributed by atoms with Crippen LogP contribution in [-0.2, 0) is 4.74 Å². The molecule has 104 valence electrons. The van der Waals surface area contributed by atoms with Crippen LogP contribution in [0.3, 0.4) is 0 Å². The van der Waals surface area contributed by atoms with Gasteiger partial charge in [-0.3, -0.25) is 0 Å². The van der Waals surface area contributed by atoms with E-state index in [0.29, 0.717) is 13.2 Å². The number of hydrogen-bond acceptors (Lipinski definition) is 4. The molecule has 1 aromatic rings. The van der Waals surface area contributed by atoms with Gasteiger partial charge in [0, 0.05) is 25.0 Å². The van der Waals surface area contributed by atoms with Crippen molar-refractivity contribution in [2.75, 3.05) is 38.4 Å². The smallest absolute Gasteiger partial charge is 0.120 e. The molecule has 0 heterocycles. The fourth-order valence-electron chi connectivity index (χ4n) is 1.44. The fraction of sp³-hybridized carbons (Fsp3) is 0.467. The molecule has 0 aromatic heterocycles. The van der Waals surface area contributed by atoms with Crippen molar-refractivity contribution < 1.29 is 9.47 Å². The molecule has 0 aliphatic rings. The van der Waals surface area contributed by atoms with Gasteiger partial charge in [0.15, 0.2) is 0 Å². The summed E-state index contributed by atoms with van der Waals surface area (Å²) in [6, 6.07) is 7.79. The van der Waals surface area contributed by atoms with Crippen LogP contribution in [0.15, 0.2) is 24.3 Å². The highest BCUT2D eigenvalue weighted by Gasteiger charge is 1.95. The molecular formula is C15H21NO2S. The molecule has 2 N–H and O–H groups in total. The number of methoxy groups -OCH3 is 1. The van der Waals surface area contributed by atoms with E-state index in [1.165, 1.54) is 0 Å². The van der Waals surface area contributed by atoms with Gasteiger partial charge in [-0.1, -0.05) is 17.9 Å². The van der Waals surface area contributed by atoms with Crippen LogP contribution in [0.5, 0.6) is 5.75 Å². The monoisotopic (exact) mass is 279 g/mol. The molecule has 0 saturated carbocycles. The Bertz CT molecular complexity index is 412. The van der Waals surface area contributed by atoms with Crippen molar-refractivity contribution in [3.8, 4) is 17.6 Å². The summed E-state index contributed by atoms with van der Waals surface area (Å²) in [5, 5.41) is 0. The average molecular weight is 279 g/mol. The zero-order valence-corrected chi connectivity index (χ0v) is 12.2.